The maximum atomic E-state index is 12.3. The van der Waals surface area contributed by atoms with Gasteiger partial charge in [-0.15, -0.1) is 0 Å². The van der Waals surface area contributed by atoms with Crippen LogP contribution in [0.15, 0.2) is 72.1 Å². The van der Waals surface area contributed by atoms with E-state index in [1.54, 1.807) is 60.9 Å². The summed E-state index contributed by atoms with van der Waals surface area (Å²) < 4.78 is 0. The van der Waals surface area contributed by atoms with Crippen molar-refractivity contribution in [2.45, 2.75) is 0 Å². The fourth-order valence-electron chi connectivity index (χ4n) is 2.23. The summed E-state index contributed by atoms with van der Waals surface area (Å²) in [5.41, 5.74) is 4.57. The van der Waals surface area contributed by atoms with Crippen molar-refractivity contribution >= 4 is 46.9 Å². The number of hydrogen-bond donors (Lipinski definition) is 2. The highest BCUT2D eigenvalue weighted by atomic mass is 35.5. The van der Waals surface area contributed by atoms with Crippen LogP contribution in [0.2, 0.25) is 10.0 Å². The molecular weight excluding hydrogens is 399 g/mol. The van der Waals surface area contributed by atoms with E-state index in [-0.39, 0.29) is 11.8 Å². The number of anilines is 1. The molecule has 0 bridgehead atoms. The van der Waals surface area contributed by atoms with E-state index < -0.39 is 0 Å². The second kappa shape index (κ2) is 9.12. The van der Waals surface area contributed by atoms with Crippen LogP contribution < -0.4 is 10.7 Å². The summed E-state index contributed by atoms with van der Waals surface area (Å²) in [6.07, 6.45) is 4.79. The number of carbonyl (C=O) groups excluding carboxylic acids is 2. The Kier molecular flexibility index (Phi) is 6.37. The quantitative estimate of drug-likeness (QED) is 0.480. The molecule has 3 rings (SSSR count). The molecule has 140 valence electrons. The normalized spacial score (nSPS) is 10.6. The van der Waals surface area contributed by atoms with Gasteiger partial charge in [0.1, 0.15) is 0 Å². The van der Waals surface area contributed by atoms with Gasteiger partial charge in [-0.25, -0.2) is 5.43 Å². The first-order valence-corrected chi connectivity index (χ1v) is 8.88. The molecular formula is C20H14Cl2N4O2. The smallest absolute Gasteiger partial charge is 0.271 e. The van der Waals surface area contributed by atoms with Crippen molar-refractivity contribution in [3.8, 4) is 0 Å². The van der Waals surface area contributed by atoms with Gasteiger partial charge in [0.15, 0.2) is 0 Å². The molecule has 2 N–H and O–H groups in total. The summed E-state index contributed by atoms with van der Waals surface area (Å²) in [4.78, 5) is 28.3. The molecule has 28 heavy (non-hydrogen) atoms. The first-order valence-electron chi connectivity index (χ1n) is 8.13. The van der Waals surface area contributed by atoms with Gasteiger partial charge in [0, 0.05) is 29.2 Å². The lowest BCUT2D eigenvalue weighted by Crippen LogP contribution is -2.17. The molecule has 0 aliphatic heterocycles. The number of amides is 2. The van der Waals surface area contributed by atoms with E-state index in [9.17, 15) is 9.59 Å². The van der Waals surface area contributed by atoms with E-state index in [0.29, 0.717) is 26.9 Å². The van der Waals surface area contributed by atoms with E-state index in [1.165, 1.54) is 12.3 Å². The first-order chi connectivity index (χ1) is 13.5. The summed E-state index contributed by atoms with van der Waals surface area (Å²) in [6.45, 7) is 0. The lowest BCUT2D eigenvalue weighted by molar-refractivity contribution is 0.0954. The van der Waals surface area contributed by atoms with E-state index in [0.717, 1.165) is 5.56 Å². The van der Waals surface area contributed by atoms with E-state index in [2.05, 4.69) is 20.8 Å². The monoisotopic (exact) mass is 412 g/mol. The van der Waals surface area contributed by atoms with Crippen molar-refractivity contribution in [3.63, 3.8) is 0 Å². The molecule has 0 saturated heterocycles. The molecule has 0 aliphatic rings. The van der Waals surface area contributed by atoms with Crippen LogP contribution in [0.25, 0.3) is 0 Å². The van der Waals surface area contributed by atoms with Gasteiger partial charge in [-0.3, -0.25) is 14.6 Å². The Bertz CT molecular complexity index is 1020. The van der Waals surface area contributed by atoms with Gasteiger partial charge in [0.25, 0.3) is 11.8 Å². The standard InChI is InChI=1S/C20H14Cl2N4O2/c21-17-6-3-15(11-18(17)22)19(27)25-16-4-1-14(2-5-16)20(28)26-24-12-13-7-9-23-10-8-13/h1-12H,(H,25,27)(H,26,28)/b24-12+. The molecule has 0 atom stereocenters. The number of nitrogens with zero attached hydrogens (tertiary/aromatic N) is 2. The summed E-state index contributed by atoms with van der Waals surface area (Å²) in [5.74, 6) is -0.703. The molecule has 0 fully saturated rings. The zero-order valence-electron chi connectivity index (χ0n) is 14.4. The van der Waals surface area contributed by atoms with Crippen LogP contribution in [0.5, 0.6) is 0 Å². The predicted octanol–water partition coefficient (Wildman–Crippen LogP) is 4.40. The predicted molar refractivity (Wildman–Crippen MR) is 110 cm³/mol. The van der Waals surface area contributed by atoms with Crippen molar-refractivity contribution in [3.05, 3.63) is 93.7 Å². The number of hydrogen-bond acceptors (Lipinski definition) is 4. The topological polar surface area (TPSA) is 83.4 Å². The summed E-state index contributed by atoms with van der Waals surface area (Å²) >= 11 is 11.8. The third kappa shape index (κ3) is 5.16. The molecule has 6 nitrogen and oxygen atoms in total. The Morgan fingerprint density at radius 1 is 0.857 bits per heavy atom. The molecule has 0 spiro atoms. The third-order valence-electron chi connectivity index (χ3n) is 3.67. The van der Waals surface area contributed by atoms with Crippen LogP contribution in [0, 0.1) is 0 Å². The molecule has 3 aromatic rings. The Labute approximate surface area is 171 Å². The lowest BCUT2D eigenvalue weighted by Gasteiger charge is -2.07. The Hall–Kier alpha value is -3.22. The van der Waals surface area contributed by atoms with Gasteiger partial charge in [0.05, 0.1) is 16.3 Å². The Morgan fingerprint density at radius 3 is 2.21 bits per heavy atom. The van der Waals surface area contributed by atoms with Crippen molar-refractivity contribution < 1.29 is 9.59 Å². The number of pyridine rings is 1. The van der Waals surface area contributed by atoms with E-state index in [4.69, 9.17) is 23.2 Å². The largest absolute Gasteiger partial charge is 0.322 e. The number of halogens is 2. The SMILES string of the molecule is O=C(N/N=C/c1ccncc1)c1ccc(NC(=O)c2ccc(Cl)c(Cl)c2)cc1. The number of carbonyl (C=O) groups is 2. The zero-order chi connectivity index (χ0) is 19.9. The number of rotatable bonds is 5. The van der Waals surface area contributed by atoms with Crippen molar-refractivity contribution in [2.24, 2.45) is 5.10 Å². The number of nitrogens with one attached hydrogen (secondary N) is 2. The van der Waals surface area contributed by atoms with E-state index in [1.807, 2.05) is 0 Å². The molecule has 8 heteroatoms. The molecule has 0 aliphatic carbocycles. The highest BCUT2D eigenvalue weighted by Crippen LogP contribution is 2.23. The highest BCUT2D eigenvalue weighted by molar-refractivity contribution is 6.42. The second-order valence-electron chi connectivity index (χ2n) is 5.64. The maximum Gasteiger partial charge on any atom is 0.271 e. The average Bonchev–Trinajstić information content (AvgIpc) is 2.71. The van der Waals surface area contributed by atoms with Crippen LogP contribution >= 0.6 is 23.2 Å². The molecule has 1 aromatic heterocycles. The van der Waals surface area contributed by atoms with Gasteiger partial charge in [-0.2, -0.15) is 5.10 Å². The second-order valence-corrected chi connectivity index (χ2v) is 6.45. The number of hydrazone groups is 1. The molecule has 2 aromatic carbocycles. The first kappa shape index (κ1) is 19.5. The highest BCUT2D eigenvalue weighted by Gasteiger charge is 2.09. The Balaban J connectivity index is 1.59. The van der Waals surface area contributed by atoms with Crippen molar-refractivity contribution in [2.75, 3.05) is 5.32 Å². The molecule has 0 saturated carbocycles. The van der Waals surface area contributed by atoms with Crippen LogP contribution in [-0.2, 0) is 0 Å². The zero-order valence-corrected chi connectivity index (χ0v) is 15.9. The van der Waals surface area contributed by atoms with Crippen LogP contribution in [0.1, 0.15) is 26.3 Å². The number of benzene rings is 2. The van der Waals surface area contributed by atoms with E-state index >= 15 is 0 Å². The van der Waals surface area contributed by atoms with Crippen LogP contribution in [0.4, 0.5) is 5.69 Å². The third-order valence-corrected chi connectivity index (χ3v) is 4.41. The van der Waals surface area contributed by atoms with Gasteiger partial charge in [-0.1, -0.05) is 23.2 Å². The maximum absolute atomic E-state index is 12.3. The number of aromatic nitrogens is 1. The minimum Gasteiger partial charge on any atom is -0.322 e. The molecule has 1 heterocycles. The Morgan fingerprint density at radius 2 is 1.54 bits per heavy atom. The summed E-state index contributed by atoms with van der Waals surface area (Å²) in [6, 6.07) is 14.6. The molecule has 0 radical (unpaired) electrons. The van der Waals surface area contributed by atoms with Gasteiger partial charge in [-0.05, 0) is 60.2 Å². The minimum atomic E-state index is -0.368. The fraction of sp³-hybridized carbons (Fsp3) is 0. The minimum absolute atomic E-state index is 0.300. The van der Waals surface area contributed by atoms with Gasteiger partial charge in [0.2, 0.25) is 0 Å². The fourth-order valence-corrected chi connectivity index (χ4v) is 2.52. The van der Waals surface area contributed by atoms with Crippen molar-refractivity contribution in [1.29, 1.82) is 0 Å². The molecule has 2 amide bonds. The van der Waals surface area contributed by atoms with Gasteiger partial charge < -0.3 is 5.32 Å². The summed E-state index contributed by atoms with van der Waals surface area (Å²) in [5, 5.41) is 7.30. The van der Waals surface area contributed by atoms with Gasteiger partial charge >= 0.3 is 0 Å². The lowest BCUT2D eigenvalue weighted by atomic mass is 10.1. The van der Waals surface area contributed by atoms with Crippen molar-refractivity contribution in [1.82, 2.24) is 10.4 Å². The molecule has 0 unspecified atom stereocenters. The van der Waals surface area contributed by atoms with Crippen LogP contribution in [0.3, 0.4) is 0 Å². The summed E-state index contributed by atoms with van der Waals surface area (Å²) in [7, 11) is 0. The average molecular weight is 413 g/mol. The van der Waals surface area contributed by atoms with Crippen LogP contribution in [-0.4, -0.2) is 23.0 Å².